The molecule has 0 aliphatic heterocycles. The van der Waals surface area contributed by atoms with Gasteiger partial charge in [-0.15, -0.1) is 0 Å². The smallest absolute Gasteiger partial charge is 0.223 e. The molecular weight excluding hydrogens is 394 g/mol. The third-order valence-corrected chi connectivity index (χ3v) is 6.41. The quantitative estimate of drug-likeness (QED) is 0.544. The number of allylic oxidation sites excluding steroid dienone is 1. The van der Waals surface area contributed by atoms with Crippen LogP contribution < -0.4 is 5.32 Å². The van der Waals surface area contributed by atoms with E-state index in [0.717, 1.165) is 42.4 Å². The molecule has 30 heavy (non-hydrogen) atoms. The topological polar surface area (TPSA) is 46.2 Å². The molecule has 0 spiro atoms. The van der Waals surface area contributed by atoms with E-state index < -0.39 is 5.41 Å². The standard InChI is InChI=1S/C26H30ClNO2/c1-19(27)18-26(14-6-7-15-26)24(29)17-23(25(30)28-2)16-20-10-12-22(13-11-20)21-8-4-3-5-9-21/h3-5,8-13,23H,1,6-7,14-18H2,2H3,(H,28,30)/t23-/m1/s1. The summed E-state index contributed by atoms with van der Waals surface area (Å²) >= 11 is 6.09. The zero-order valence-corrected chi connectivity index (χ0v) is 18.4. The van der Waals surface area contributed by atoms with E-state index in [-0.39, 0.29) is 24.0 Å². The van der Waals surface area contributed by atoms with E-state index in [0.29, 0.717) is 17.9 Å². The van der Waals surface area contributed by atoms with Crippen molar-refractivity contribution in [3.05, 3.63) is 71.8 Å². The highest BCUT2D eigenvalue weighted by atomic mass is 35.5. The first-order valence-electron chi connectivity index (χ1n) is 10.7. The van der Waals surface area contributed by atoms with Crippen LogP contribution in [0.25, 0.3) is 11.1 Å². The van der Waals surface area contributed by atoms with E-state index in [1.54, 1.807) is 7.05 Å². The Labute approximate surface area is 184 Å². The van der Waals surface area contributed by atoms with Crippen LogP contribution in [0.3, 0.4) is 0 Å². The Balaban J connectivity index is 1.74. The molecule has 3 rings (SSSR count). The normalized spacial score (nSPS) is 16.1. The van der Waals surface area contributed by atoms with Gasteiger partial charge in [0.25, 0.3) is 0 Å². The summed E-state index contributed by atoms with van der Waals surface area (Å²) in [4.78, 5) is 25.9. The van der Waals surface area contributed by atoms with Crippen LogP contribution in [-0.2, 0) is 16.0 Å². The third-order valence-electron chi connectivity index (χ3n) is 6.27. The molecule has 1 fully saturated rings. The van der Waals surface area contributed by atoms with Crippen LogP contribution in [0.1, 0.15) is 44.1 Å². The molecule has 1 saturated carbocycles. The number of nitrogens with one attached hydrogen (secondary N) is 1. The minimum Gasteiger partial charge on any atom is -0.359 e. The molecule has 2 aromatic carbocycles. The Hall–Kier alpha value is -2.39. The monoisotopic (exact) mass is 423 g/mol. The number of benzene rings is 2. The predicted molar refractivity (Wildman–Crippen MR) is 123 cm³/mol. The first kappa shape index (κ1) is 22.3. The number of halogens is 1. The minimum absolute atomic E-state index is 0.0895. The molecule has 158 valence electrons. The fraction of sp³-hybridized carbons (Fsp3) is 0.385. The average Bonchev–Trinajstić information content (AvgIpc) is 3.23. The number of rotatable bonds is 9. The molecule has 2 aromatic rings. The van der Waals surface area contributed by atoms with Crippen molar-refractivity contribution in [2.75, 3.05) is 7.05 Å². The zero-order valence-electron chi connectivity index (χ0n) is 17.6. The average molecular weight is 424 g/mol. The number of hydrogen-bond donors (Lipinski definition) is 1. The molecule has 1 aliphatic carbocycles. The Morgan fingerprint density at radius 3 is 2.20 bits per heavy atom. The number of ketones is 1. The van der Waals surface area contributed by atoms with Gasteiger partial charge in [-0.3, -0.25) is 9.59 Å². The molecule has 1 atom stereocenters. The summed E-state index contributed by atoms with van der Waals surface area (Å²) in [6.45, 7) is 3.81. The first-order chi connectivity index (χ1) is 14.4. The van der Waals surface area contributed by atoms with Crippen molar-refractivity contribution in [2.45, 2.75) is 44.9 Å². The number of hydrogen-bond acceptors (Lipinski definition) is 2. The van der Waals surface area contributed by atoms with Gasteiger partial charge in [-0.1, -0.05) is 85.6 Å². The van der Waals surface area contributed by atoms with Crippen LogP contribution in [0.5, 0.6) is 0 Å². The second kappa shape index (κ2) is 10.1. The van der Waals surface area contributed by atoms with E-state index in [4.69, 9.17) is 11.6 Å². The molecule has 0 unspecified atom stereocenters. The molecule has 1 N–H and O–H groups in total. The van der Waals surface area contributed by atoms with Crippen molar-refractivity contribution in [3.63, 3.8) is 0 Å². The van der Waals surface area contributed by atoms with Gasteiger partial charge in [-0.05, 0) is 42.4 Å². The van der Waals surface area contributed by atoms with E-state index in [1.165, 1.54) is 0 Å². The van der Waals surface area contributed by atoms with Crippen LogP contribution in [0.4, 0.5) is 0 Å². The highest BCUT2D eigenvalue weighted by Gasteiger charge is 2.42. The van der Waals surface area contributed by atoms with Crippen molar-refractivity contribution < 1.29 is 9.59 Å². The van der Waals surface area contributed by atoms with Gasteiger partial charge in [-0.25, -0.2) is 0 Å². The van der Waals surface area contributed by atoms with Gasteiger partial charge in [0, 0.05) is 29.8 Å². The van der Waals surface area contributed by atoms with Gasteiger partial charge in [0.2, 0.25) is 5.91 Å². The lowest BCUT2D eigenvalue weighted by atomic mass is 9.74. The Morgan fingerprint density at radius 2 is 1.63 bits per heavy atom. The maximum atomic E-state index is 13.3. The maximum absolute atomic E-state index is 13.3. The lowest BCUT2D eigenvalue weighted by Gasteiger charge is -2.29. The van der Waals surface area contributed by atoms with Crippen molar-refractivity contribution in [3.8, 4) is 11.1 Å². The van der Waals surface area contributed by atoms with Gasteiger partial charge < -0.3 is 5.32 Å². The fourth-order valence-corrected chi connectivity index (χ4v) is 4.88. The SMILES string of the molecule is C=C(Cl)CC1(C(=O)C[C@@H](Cc2ccc(-c3ccccc3)cc2)C(=O)NC)CCCC1. The summed E-state index contributed by atoms with van der Waals surface area (Å²) in [5.41, 5.74) is 2.91. The van der Waals surface area contributed by atoms with Crippen molar-refractivity contribution >= 4 is 23.3 Å². The zero-order chi connectivity index (χ0) is 21.6. The fourth-order valence-electron chi connectivity index (χ4n) is 4.62. The lowest BCUT2D eigenvalue weighted by molar-refractivity contribution is -0.134. The molecular formula is C26H30ClNO2. The highest BCUT2D eigenvalue weighted by molar-refractivity contribution is 6.29. The molecule has 1 amide bonds. The third kappa shape index (κ3) is 5.40. The molecule has 4 heteroatoms. The summed E-state index contributed by atoms with van der Waals surface area (Å²) in [5, 5.41) is 3.26. The maximum Gasteiger partial charge on any atom is 0.223 e. The summed E-state index contributed by atoms with van der Waals surface area (Å²) in [5.74, 6) is -0.323. The van der Waals surface area contributed by atoms with E-state index in [1.807, 2.05) is 18.2 Å². The van der Waals surface area contributed by atoms with Gasteiger partial charge in [-0.2, -0.15) is 0 Å². The van der Waals surface area contributed by atoms with E-state index in [9.17, 15) is 9.59 Å². The van der Waals surface area contributed by atoms with Crippen molar-refractivity contribution in [2.24, 2.45) is 11.3 Å². The number of carbonyl (C=O) groups is 2. The highest BCUT2D eigenvalue weighted by Crippen LogP contribution is 2.45. The van der Waals surface area contributed by atoms with Crippen LogP contribution in [0.15, 0.2) is 66.2 Å². The van der Waals surface area contributed by atoms with Gasteiger partial charge in [0.05, 0.1) is 0 Å². The lowest BCUT2D eigenvalue weighted by Crippen LogP contribution is -2.36. The molecule has 0 saturated heterocycles. The second-order valence-electron chi connectivity index (χ2n) is 8.39. The van der Waals surface area contributed by atoms with Gasteiger partial charge in [0.1, 0.15) is 5.78 Å². The van der Waals surface area contributed by atoms with Crippen LogP contribution >= 0.6 is 11.6 Å². The van der Waals surface area contributed by atoms with Crippen LogP contribution in [0.2, 0.25) is 0 Å². The Bertz CT molecular complexity index is 883. The summed E-state index contributed by atoms with van der Waals surface area (Å²) < 4.78 is 0. The predicted octanol–water partition coefficient (Wildman–Crippen LogP) is 5.92. The summed E-state index contributed by atoms with van der Waals surface area (Å²) in [6, 6.07) is 18.4. The number of carbonyl (C=O) groups excluding carboxylic acids is 2. The Kier molecular flexibility index (Phi) is 7.49. The largest absolute Gasteiger partial charge is 0.359 e. The van der Waals surface area contributed by atoms with Crippen molar-refractivity contribution in [1.29, 1.82) is 0 Å². The molecule has 0 heterocycles. The molecule has 0 radical (unpaired) electrons. The van der Waals surface area contributed by atoms with E-state index in [2.05, 4.69) is 48.3 Å². The molecule has 0 bridgehead atoms. The number of amides is 1. The Morgan fingerprint density at radius 1 is 1.03 bits per heavy atom. The number of Topliss-reactive ketones (excluding diaryl/α,β-unsaturated/α-hetero) is 1. The van der Waals surface area contributed by atoms with Gasteiger partial charge >= 0.3 is 0 Å². The molecule has 0 aromatic heterocycles. The molecule has 3 nitrogen and oxygen atoms in total. The summed E-state index contributed by atoms with van der Waals surface area (Å²) in [7, 11) is 1.63. The van der Waals surface area contributed by atoms with Crippen molar-refractivity contribution in [1.82, 2.24) is 5.32 Å². The van der Waals surface area contributed by atoms with Crippen LogP contribution in [0, 0.1) is 11.3 Å². The minimum atomic E-state index is -0.442. The van der Waals surface area contributed by atoms with Gasteiger partial charge in [0.15, 0.2) is 0 Å². The molecule has 1 aliphatic rings. The van der Waals surface area contributed by atoms with Crippen LogP contribution in [-0.4, -0.2) is 18.7 Å². The van der Waals surface area contributed by atoms with E-state index >= 15 is 0 Å². The summed E-state index contributed by atoms with van der Waals surface area (Å²) in [6.07, 6.45) is 5.03. The second-order valence-corrected chi connectivity index (χ2v) is 8.92. The first-order valence-corrected chi connectivity index (χ1v) is 11.0.